The van der Waals surface area contributed by atoms with E-state index in [1.165, 1.54) is 5.57 Å². The monoisotopic (exact) mass is 356 g/mol. The predicted octanol–water partition coefficient (Wildman–Crippen LogP) is 2.99. The van der Waals surface area contributed by atoms with Crippen LogP contribution in [0.4, 0.5) is 0 Å². The highest BCUT2D eigenvalue weighted by Gasteiger charge is 2.66. The number of carbonyl (C=O) groups excluding carboxylic acids is 1. The van der Waals surface area contributed by atoms with Crippen molar-refractivity contribution in [1.82, 2.24) is 0 Å². The lowest BCUT2D eigenvalue weighted by atomic mass is 9.46. The van der Waals surface area contributed by atoms with Gasteiger partial charge in [-0.2, -0.15) is 0 Å². The Balaban J connectivity index is 1.56. The van der Waals surface area contributed by atoms with Gasteiger partial charge in [-0.05, 0) is 49.5 Å². The molecule has 5 aliphatic rings. The third kappa shape index (κ3) is 1.90. The molecule has 4 heteroatoms. The lowest BCUT2D eigenvalue weighted by Crippen LogP contribution is -2.62. The van der Waals surface area contributed by atoms with E-state index in [0.29, 0.717) is 56.5 Å². The molecule has 0 bridgehead atoms. The highest BCUT2D eigenvalue weighted by Crippen LogP contribution is 2.66. The van der Waals surface area contributed by atoms with Crippen LogP contribution < -0.4 is 0 Å². The predicted molar refractivity (Wildman–Crippen MR) is 96.0 cm³/mol. The minimum Gasteiger partial charge on any atom is -0.388 e. The highest BCUT2D eigenvalue weighted by atomic mass is 16.7. The van der Waals surface area contributed by atoms with E-state index in [9.17, 15) is 9.90 Å². The van der Waals surface area contributed by atoms with Gasteiger partial charge < -0.3 is 14.6 Å². The van der Waals surface area contributed by atoms with Crippen LogP contribution in [0.3, 0.4) is 0 Å². The third-order valence-electron chi connectivity index (χ3n) is 8.43. The second-order valence-corrected chi connectivity index (χ2v) is 9.36. The van der Waals surface area contributed by atoms with Crippen LogP contribution >= 0.6 is 0 Å². The van der Waals surface area contributed by atoms with Gasteiger partial charge in [0.05, 0.1) is 24.2 Å². The fourth-order valence-electron chi connectivity index (χ4n) is 6.98. The molecule has 4 nitrogen and oxygen atoms in total. The summed E-state index contributed by atoms with van der Waals surface area (Å²) < 4.78 is 11.8. The van der Waals surface area contributed by atoms with Crippen LogP contribution in [0.1, 0.15) is 58.3 Å². The van der Waals surface area contributed by atoms with Crippen molar-refractivity contribution >= 4 is 5.78 Å². The second-order valence-electron chi connectivity index (χ2n) is 9.36. The Morgan fingerprint density at radius 2 is 2.00 bits per heavy atom. The minimum absolute atomic E-state index is 0.229. The average molecular weight is 356 g/mol. The number of fused-ring (bicyclic) bond motifs is 5. The Labute approximate surface area is 155 Å². The standard InChI is InChI=1S/C22H28O4/c1-3-20-10-11-22(25-12-13-26-22)14-21(20,24)9-6-15-16-4-5-18(23)19(16,2)8-7-17(15)20/h1,7,15-16,24H,4-6,8-14H2,2H3/t15-,16-,19-,20+,21+/m0/s1. The van der Waals surface area contributed by atoms with Crippen LogP contribution in [0.25, 0.3) is 0 Å². The molecule has 1 aliphatic heterocycles. The second kappa shape index (κ2) is 5.22. The van der Waals surface area contributed by atoms with Crippen LogP contribution in [0.15, 0.2) is 11.6 Å². The van der Waals surface area contributed by atoms with E-state index in [2.05, 4.69) is 18.9 Å². The van der Waals surface area contributed by atoms with Gasteiger partial charge >= 0.3 is 0 Å². The van der Waals surface area contributed by atoms with Gasteiger partial charge in [-0.25, -0.2) is 0 Å². The van der Waals surface area contributed by atoms with Gasteiger partial charge in [0.1, 0.15) is 5.78 Å². The van der Waals surface area contributed by atoms with Crippen LogP contribution in [-0.2, 0) is 14.3 Å². The number of hydrogen-bond donors (Lipinski definition) is 1. The lowest BCUT2D eigenvalue weighted by molar-refractivity contribution is -0.247. The summed E-state index contributed by atoms with van der Waals surface area (Å²) in [6.07, 6.45) is 14.2. The summed E-state index contributed by atoms with van der Waals surface area (Å²) in [4.78, 5) is 12.5. The summed E-state index contributed by atoms with van der Waals surface area (Å²) in [6.45, 7) is 3.32. The largest absolute Gasteiger partial charge is 0.388 e. The summed E-state index contributed by atoms with van der Waals surface area (Å²) in [5.41, 5.74) is -0.613. The van der Waals surface area contributed by atoms with Crippen LogP contribution in [0.5, 0.6) is 0 Å². The summed E-state index contributed by atoms with van der Waals surface area (Å²) >= 11 is 0. The van der Waals surface area contributed by atoms with Crippen molar-refractivity contribution in [2.45, 2.75) is 69.7 Å². The molecule has 1 saturated heterocycles. The fourth-order valence-corrected chi connectivity index (χ4v) is 6.98. The molecule has 140 valence electrons. The molecule has 0 unspecified atom stereocenters. The van der Waals surface area contributed by atoms with Crippen LogP contribution in [0.2, 0.25) is 0 Å². The molecule has 0 aromatic heterocycles. The first-order chi connectivity index (χ1) is 12.4. The number of Topliss-reactive ketones (excluding diaryl/α,β-unsaturated/α-hetero) is 1. The summed E-state index contributed by atoms with van der Waals surface area (Å²) in [6, 6.07) is 0. The van der Waals surface area contributed by atoms with Crippen molar-refractivity contribution < 1.29 is 19.4 Å². The van der Waals surface area contributed by atoms with Crippen molar-refractivity contribution in [3.05, 3.63) is 11.6 Å². The number of hydrogen-bond acceptors (Lipinski definition) is 4. The first-order valence-electron chi connectivity index (χ1n) is 10.1. The SMILES string of the molecule is C#C[C@]12CCC3(C[C@]1(O)CC[C@@H]1C2=CC[C@]2(C)C(=O)CC[C@@H]12)OCCO3. The third-order valence-corrected chi connectivity index (χ3v) is 8.43. The van der Waals surface area contributed by atoms with Crippen molar-refractivity contribution in [2.24, 2.45) is 22.7 Å². The molecular formula is C22H28O4. The van der Waals surface area contributed by atoms with Gasteiger partial charge in [-0.3, -0.25) is 4.79 Å². The quantitative estimate of drug-likeness (QED) is 0.535. The lowest BCUT2D eigenvalue weighted by Gasteiger charge is -2.60. The number of terminal acetylenes is 1. The molecule has 1 heterocycles. The zero-order valence-electron chi connectivity index (χ0n) is 15.6. The zero-order valence-corrected chi connectivity index (χ0v) is 15.6. The van der Waals surface area contributed by atoms with E-state index in [-0.39, 0.29) is 5.41 Å². The number of ether oxygens (including phenoxy) is 2. The molecule has 1 spiro atoms. The van der Waals surface area contributed by atoms with E-state index in [4.69, 9.17) is 15.9 Å². The smallest absolute Gasteiger partial charge is 0.171 e. The molecule has 0 aromatic carbocycles. The van der Waals surface area contributed by atoms with E-state index in [1.54, 1.807) is 0 Å². The van der Waals surface area contributed by atoms with Crippen molar-refractivity contribution in [3.8, 4) is 12.3 Å². The van der Waals surface area contributed by atoms with Crippen molar-refractivity contribution in [1.29, 1.82) is 0 Å². The number of aliphatic hydroxyl groups is 1. The Bertz CT molecular complexity index is 727. The van der Waals surface area contributed by atoms with Gasteiger partial charge in [-0.1, -0.05) is 18.9 Å². The van der Waals surface area contributed by atoms with Crippen molar-refractivity contribution in [3.63, 3.8) is 0 Å². The maximum Gasteiger partial charge on any atom is 0.171 e. The van der Waals surface area contributed by atoms with Gasteiger partial charge in [0.2, 0.25) is 0 Å². The zero-order chi connectivity index (χ0) is 18.2. The molecule has 5 rings (SSSR count). The summed E-state index contributed by atoms with van der Waals surface area (Å²) in [5, 5.41) is 11.8. The first-order valence-corrected chi connectivity index (χ1v) is 10.1. The highest BCUT2D eigenvalue weighted by molar-refractivity contribution is 5.87. The molecule has 0 aromatic rings. The molecular weight excluding hydrogens is 328 g/mol. The number of allylic oxidation sites excluding steroid dienone is 1. The van der Waals surface area contributed by atoms with Gasteiger partial charge in [0.15, 0.2) is 5.79 Å². The number of ketones is 1. The number of rotatable bonds is 0. The molecule has 5 atom stereocenters. The molecule has 4 fully saturated rings. The summed E-state index contributed by atoms with van der Waals surface area (Å²) in [5.74, 6) is 3.51. The van der Waals surface area contributed by atoms with Crippen LogP contribution in [0, 0.1) is 35.0 Å². The molecule has 4 aliphatic carbocycles. The Morgan fingerprint density at radius 3 is 2.73 bits per heavy atom. The maximum atomic E-state index is 12.5. The fraction of sp³-hybridized carbons (Fsp3) is 0.773. The van der Waals surface area contributed by atoms with E-state index >= 15 is 0 Å². The Kier molecular flexibility index (Phi) is 3.41. The Morgan fingerprint density at radius 1 is 1.23 bits per heavy atom. The van der Waals surface area contributed by atoms with E-state index in [0.717, 1.165) is 25.7 Å². The first kappa shape index (κ1) is 17.0. The molecule has 0 radical (unpaired) electrons. The molecule has 3 saturated carbocycles. The van der Waals surface area contributed by atoms with Crippen LogP contribution in [-0.4, -0.2) is 35.5 Å². The Hall–Kier alpha value is -1.15. The van der Waals surface area contributed by atoms with E-state index < -0.39 is 16.8 Å². The normalized spacial score (nSPS) is 49.1. The molecule has 26 heavy (non-hydrogen) atoms. The van der Waals surface area contributed by atoms with Gasteiger partial charge in [0.25, 0.3) is 0 Å². The number of carbonyl (C=O) groups is 1. The summed E-state index contributed by atoms with van der Waals surface area (Å²) in [7, 11) is 0. The minimum atomic E-state index is -0.983. The topological polar surface area (TPSA) is 55.8 Å². The average Bonchev–Trinajstić information content (AvgIpc) is 3.19. The van der Waals surface area contributed by atoms with Gasteiger partial charge in [-0.15, -0.1) is 6.42 Å². The van der Waals surface area contributed by atoms with Gasteiger partial charge in [0, 0.05) is 24.7 Å². The molecule has 1 N–H and O–H groups in total. The van der Waals surface area contributed by atoms with E-state index in [1.807, 2.05) is 0 Å². The van der Waals surface area contributed by atoms with Crippen molar-refractivity contribution in [2.75, 3.05) is 13.2 Å². The molecule has 0 amide bonds. The maximum absolute atomic E-state index is 12.5.